The average molecular weight is 290 g/mol. The highest BCUT2D eigenvalue weighted by Crippen LogP contribution is 2.29. The van der Waals surface area contributed by atoms with Gasteiger partial charge in [0.1, 0.15) is 5.92 Å². The Balaban J connectivity index is 2.14. The third kappa shape index (κ3) is 3.84. The normalized spacial score (nSPS) is 18.6. The summed E-state index contributed by atoms with van der Waals surface area (Å²) in [5, 5.41) is 9.96. The van der Waals surface area contributed by atoms with E-state index in [-0.39, 0.29) is 11.7 Å². The summed E-state index contributed by atoms with van der Waals surface area (Å²) in [6, 6.07) is 9.29. The molecule has 0 radical (unpaired) electrons. The van der Waals surface area contributed by atoms with Gasteiger partial charge in [-0.05, 0) is 30.5 Å². The SMILES string of the molecule is N#CC(C(=O)C1CCCCCCC1)c1cccc(Cl)c1. The van der Waals surface area contributed by atoms with E-state index in [9.17, 15) is 10.1 Å². The van der Waals surface area contributed by atoms with Crippen molar-refractivity contribution in [3.8, 4) is 6.07 Å². The highest BCUT2D eigenvalue weighted by Gasteiger charge is 2.28. The van der Waals surface area contributed by atoms with Gasteiger partial charge in [-0.2, -0.15) is 5.26 Å². The first-order valence-electron chi connectivity index (χ1n) is 7.41. The van der Waals surface area contributed by atoms with Crippen molar-refractivity contribution in [1.82, 2.24) is 0 Å². The third-order valence-electron chi connectivity index (χ3n) is 4.10. The molecule has 1 fully saturated rings. The van der Waals surface area contributed by atoms with E-state index >= 15 is 0 Å². The van der Waals surface area contributed by atoms with Crippen LogP contribution in [-0.4, -0.2) is 5.78 Å². The molecule has 1 aliphatic rings. The van der Waals surface area contributed by atoms with Crippen molar-refractivity contribution >= 4 is 17.4 Å². The summed E-state index contributed by atoms with van der Waals surface area (Å²) in [5.41, 5.74) is 0.729. The number of halogens is 1. The van der Waals surface area contributed by atoms with Crippen LogP contribution in [0.15, 0.2) is 24.3 Å². The van der Waals surface area contributed by atoms with Crippen molar-refractivity contribution in [3.63, 3.8) is 0 Å². The van der Waals surface area contributed by atoms with Crippen molar-refractivity contribution < 1.29 is 4.79 Å². The number of carbonyl (C=O) groups is 1. The Kier molecular flexibility index (Phi) is 5.61. The van der Waals surface area contributed by atoms with E-state index in [0.717, 1.165) is 31.2 Å². The first-order chi connectivity index (χ1) is 9.72. The largest absolute Gasteiger partial charge is 0.298 e. The Bertz CT molecular complexity index is 498. The Morgan fingerprint density at radius 2 is 1.85 bits per heavy atom. The van der Waals surface area contributed by atoms with Crippen molar-refractivity contribution in [2.45, 2.75) is 50.9 Å². The lowest BCUT2D eigenvalue weighted by molar-refractivity contribution is -0.123. The van der Waals surface area contributed by atoms with Gasteiger partial charge >= 0.3 is 0 Å². The minimum Gasteiger partial charge on any atom is -0.298 e. The van der Waals surface area contributed by atoms with Crippen molar-refractivity contribution in [3.05, 3.63) is 34.9 Å². The summed E-state index contributed by atoms with van der Waals surface area (Å²) in [5.74, 6) is -0.547. The van der Waals surface area contributed by atoms with Gasteiger partial charge in [0.25, 0.3) is 0 Å². The predicted molar refractivity (Wildman–Crippen MR) is 80.6 cm³/mol. The number of hydrogen-bond donors (Lipinski definition) is 0. The van der Waals surface area contributed by atoms with Crippen LogP contribution in [0, 0.1) is 17.2 Å². The van der Waals surface area contributed by atoms with Crippen LogP contribution >= 0.6 is 11.6 Å². The zero-order valence-corrected chi connectivity index (χ0v) is 12.4. The molecule has 0 amide bonds. The molecular weight excluding hydrogens is 270 g/mol. The fourth-order valence-electron chi connectivity index (χ4n) is 2.96. The van der Waals surface area contributed by atoms with Crippen LogP contribution in [-0.2, 0) is 4.79 Å². The van der Waals surface area contributed by atoms with Gasteiger partial charge in [-0.15, -0.1) is 0 Å². The molecule has 2 rings (SSSR count). The Morgan fingerprint density at radius 3 is 2.45 bits per heavy atom. The predicted octanol–water partition coefficient (Wildman–Crippen LogP) is 4.88. The van der Waals surface area contributed by atoms with E-state index in [4.69, 9.17) is 11.6 Å². The van der Waals surface area contributed by atoms with E-state index in [1.807, 2.05) is 6.07 Å². The van der Waals surface area contributed by atoms with E-state index in [1.54, 1.807) is 18.2 Å². The molecule has 0 bridgehead atoms. The lowest BCUT2D eigenvalue weighted by atomic mass is 9.81. The highest BCUT2D eigenvalue weighted by atomic mass is 35.5. The third-order valence-corrected chi connectivity index (χ3v) is 4.34. The van der Waals surface area contributed by atoms with Crippen LogP contribution in [0.1, 0.15) is 56.4 Å². The number of hydrogen-bond acceptors (Lipinski definition) is 2. The van der Waals surface area contributed by atoms with Gasteiger partial charge in [0.15, 0.2) is 5.78 Å². The van der Waals surface area contributed by atoms with Gasteiger partial charge in [0.05, 0.1) is 6.07 Å². The van der Waals surface area contributed by atoms with Crippen LogP contribution < -0.4 is 0 Å². The molecular formula is C17H20ClNO. The van der Waals surface area contributed by atoms with Gasteiger partial charge in [-0.25, -0.2) is 0 Å². The molecule has 0 N–H and O–H groups in total. The zero-order chi connectivity index (χ0) is 14.4. The van der Waals surface area contributed by atoms with Gasteiger partial charge in [-0.3, -0.25) is 4.79 Å². The number of rotatable bonds is 3. The van der Waals surface area contributed by atoms with Gasteiger partial charge in [0, 0.05) is 10.9 Å². The molecule has 1 aromatic rings. The van der Waals surface area contributed by atoms with Crippen LogP contribution in [0.2, 0.25) is 5.02 Å². The van der Waals surface area contributed by atoms with E-state index in [0.29, 0.717) is 5.02 Å². The average Bonchev–Trinajstić information content (AvgIpc) is 2.39. The topological polar surface area (TPSA) is 40.9 Å². The maximum atomic E-state index is 12.6. The molecule has 0 aromatic heterocycles. The van der Waals surface area contributed by atoms with Crippen LogP contribution in [0.3, 0.4) is 0 Å². The second-order valence-corrected chi connectivity index (χ2v) is 6.00. The quantitative estimate of drug-likeness (QED) is 0.796. The second kappa shape index (κ2) is 7.45. The maximum absolute atomic E-state index is 12.6. The molecule has 1 unspecified atom stereocenters. The fraction of sp³-hybridized carbons (Fsp3) is 0.529. The van der Waals surface area contributed by atoms with Gasteiger partial charge < -0.3 is 0 Å². The highest BCUT2D eigenvalue weighted by molar-refractivity contribution is 6.30. The lowest BCUT2D eigenvalue weighted by Crippen LogP contribution is -2.22. The number of nitriles is 1. The molecule has 0 aliphatic heterocycles. The molecule has 0 saturated heterocycles. The minimum absolute atomic E-state index is 0.0407. The molecule has 0 spiro atoms. The first-order valence-corrected chi connectivity index (χ1v) is 7.79. The Morgan fingerprint density at radius 1 is 1.20 bits per heavy atom. The van der Waals surface area contributed by atoms with Crippen LogP contribution in [0.4, 0.5) is 0 Å². The second-order valence-electron chi connectivity index (χ2n) is 5.56. The lowest BCUT2D eigenvalue weighted by Gasteiger charge is -2.21. The maximum Gasteiger partial charge on any atom is 0.157 e. The number of carbonyl (C=O) groups excluding carboxylic acids is 1. The minimum atomic E-state index is -0.668. The van der Waals surface area contributed by atoms with E-state index < -0.39 is 5.92 Å². The van der Waals surface area contributed by atoms with Gasteiger partial charge in [-0.1, -0.05) is 55.8 Å². The summed E-state index contributed by atoms with van der Waals surface area (Å²) in [4.78, 5) is 12.6. The number of Topliss-reactive ketones (excluding diaryl/α,β-unsaturated/α-hetero) is 1. The molecule has 0 heterocycles. The summed E-state index contributed by atoms with van der Waals surface area (Å²) < 4.78 is 0. The van der Waals surface area contributed by atoms with Crippen LogP contribution in [0.25, 0.3) is 0 Å². The van der Waals surface area contributed by atoms with Crippen molar-refractivity contribution in [2.24, 2.45) is 5.92 Å². The monoisotopic (exact) mass is 289 g/mol. The molecule has 1 saturated carbocycles. The van der Waals surface area contributed by atoms with Crippen LogP contribution in [0.5, 0.6) is 0 Å². The van der Waals surface area contributed by atoms with E-state index in [1.165, 1.54) is 19.3 Å². The molecule has 20 heavy (non-hydrogen) atoms. The van der Waals surface area contributed by atoms with Crippen molar-refractivity contribution in [1.29, 1.82) is 5.26 Å². The molecule has 1 aromatic carbocycles. The standard InChI is InChI=1S/C17H20ClNO/c18-15-10-6-9-14(11-15)16(12-19)17(20)13-7-4-2-1-3-5-8-13/h6,9-11,13,16H,1-5,7-8H2. The van der Waals surface area contributed by atoms with Gasteiger partial charge in [0.2, 0.25) is 0 Å². The molecule has 1 atom stereocenters. The molecule has 2 nitrogen and oxygen atoms in total. The number of ketones is 1. The van der Waals surface area contributed by atoms with E-state index in [2.05, 4.69) is 6.07 Å². The Labute approximate surface area is 125 Å². The smallest absolute Gasteiger partial charge is 0.157 e. The first kappa shape index (κ1) is 15.1. The Hall–Kier alpha value is -1.33. The summed E-state index contributed by atoms with van der Waals surface area (Å²) >= 11 is 5.96. The fourth-order valence-corrected chi connectivity index (χ4v) is 3.16. The summed E-state index contributed by atoms with van der Waals surface area (Å²) in [6.45, 7) is 0. The summed E-state index contributed by atoms with van der Waals surface area (Å²) in [7, 11) is 0. The molecule has 3 heteroatoms. The number of benzene rings is 1. The summed E-state index contributed by atoms with van der Waals surface area (Å²) in [6.07, 6.45) is 7.75. The zero-order valence-electron chi connectivity index (χ0n) is 11.6. The van der Waals surface area contributed by atoms with Crippen molar-refractivity contribution in [2.75, 3.05) is 0 Å². The molecule has 1 aliphatic carbocycles. The number of nitrogens with zero attached hydrogens (tertiary/aromatic N) is 1. The molecule has 106 valence electrons.